The topological polar surface area (TPSA) is 162 Å². The number of benzene rings is 1. The first-order chi connectivity index (χ1) is 15.8. The summed E-state index contributed by atoms with van der Waals surface area (Å²) in [6.07, 6.45) is 3.49. The van der Waals surface area contributed by atoms with Crippen molar-refractivity contribution in [3.8, 4) is 0 Å². The molecule has 3 amide bonds. The quantitative estimate of drug-likeness (QED) is 0.263. The molecule has 4 unspecified atom stereocenters. The normalized spacial score (nSPS) is 18.3. The third kappa shape index (κ3) is 7.72. The fourth-order valence-electron chi connectivity index (χ4n) is 3.67. The molecule has 11 heteroatoms. The molecule has 0 spiro atoms. The van der Waals surface area contributed by atoms with Crippen LogP contribution in [-0.2, 0) is 25.6 Å². The zero-order valence-corrected chi connectivity index (χ0v) is 19.4. The van der Waals surface area contributed by atoms with E-state index in [1.54, 1.807) is 42.1 Å². The van der Waals surface area contributed by atoms with Crippen LogP contribution in [0.5, 0.6) is 0 Å². The van der Waals surface area contributed by atoms with E-state index in [1.807, 2.05) is 6.26 Å². The van der Waals surface area contributed by atoms with Gasteiger partial charge >= 0.3 is 5.97 Å². The molecule has 0 radical (unpaired) electrons. The van der Waals surface area contributed by atoms with Crippen LogP contribution in [0.1, 0.15) is 24.8 Å². The van der Waals surface area contributed by atoms with Crippen LogP contribution in [-0.4, -0.2) is 88.1 Å². The smallest absolute Gasteiger partial charge is 0.326 e. The van der Waals surface area contributed by atoms with Crippen LogP contribution in [0.3, 0.4) is 0 Å². The van der Waals surface area contributed by atoms with Crippen molar-refractivity contribution in [3.05, 3.63) is 35.9 Å². The first-order valence-electron chi connectivity index (χ1n) is 10.8. The SMILES string of the molecule is CSCCC(N)C(=O)N1CCCC1C(=O)NC(CO)C(=O)NC(Cc1ccccc1)C(=O)O. The van der Waals surface area contributed by atoms with E-state index in [9.17, 15) is 29.4 Å². The maximum Gasteiger partial charge on any atom is 0.326 e. The highest BCUT2D eigenvalue weighted by Gasteiger charge is 2.37. The summed E-state index contributed by atoms with van der Waals surface area (Å²) in [6, 6.07) is 4.70. The van der Waals surface area contributed by atoms with Gasteiger partial charge in [0.05, 0.1) is 12.6 Å². The molecule has 1 heterocycles. The molecule has 1 aromatic rings. The highest BCUT2D eigenvalue weighted by Crippen LogP contribution is 2.19. The zero-order chi connectivity index (χ0) is 24.4. The summed E-state index contributed by atoms with van der Waals surface area (Å²) in [6.45, 7) is -0.332. The van der Waals surface area contributed by atoms with Crippen LogP contribution in [0.15, 0.2) is 30.3 Å². The van der Waals surface area contributed by atoms with E-state index < -0.39 is 48.6 Å². The number of hydrogen-bond donors (Lipinski definition) is 5. The van der Waals surface area contributed by atoms with Crippen LogP contribution in [0.25, 0.3) is 0 Å². The van der Waals surface area contributed by atoms with E-state index in [0.717, 1.165) is 5.75 Å². The molecule has 0 aromatic heterocycles. The predicted octanol–water partition coefficient (Wildman–Crippen LogP) is -0.653. The maximum absolute atomic E-state index is 12.8. The Morgan fingerprint density at radius 2 is 1.88 bits per heavy atom. The lowest BCUT2D eigenvalue weighted by atomic mass is 10.1. The van der Waals surface area contributed by atoms with Gasteiger partial charge in [0.15, 0.2) is 0 Å². The average molecular weight is 481 g/mol. The van der Waals surface area contributed by atoms with Gasteiger partial charge in [0.1, 0.15) is 18.1 Å². The second-order valence-electron chi connectivity index (χ2n) is 7.91. The molecule has 10 nitrogen and oxygen atoms in total. The summed E-state index contributed by atoms with van der Waals surface area (Å²) in [5.41, 5.74) is 6.69. The number of rotatable bonds is 12. The highest BCUT2D eigenvalue weighted by molar-refractivity contribution is 7.98. The fraction of sp³-hybridized carbons (Fsp3) is 0.545. The van der Waals surface area contributed by atoms with Crippen molar-refractivity contribution in [1.82, 2.24) is 15.5 Å². The summed E-state index contributed by atoms with van der Waals surface area (Å²) >= 11 is 1.57. The Labute approximate surface area is 197 Å². The molecule has 0 saturated carbocycles. The van der Waals surface area contributed by atoms with Crippen molar-refractivity contribution in [2.24, 2.45) is 5.73 Å². The number of aliphatic carboxylic acids is 1. The van der Waals surface area contributed by atoms with E-state index in [1.165, 1.54) is 4.90 Å². The van der Waals surface area contributed by atoms with Crippen molar-refractivity contribution in [3.63, 3.8) is 0 Å². The first-order valence-corrected chi connectivity index (χ1v) is 12.2. The number of carbonyl (C=O) groups is 4. The lowest BCUT2D eigenvalue weighted by molar-refractivity contribution is -0.143. The standard InChI is InChI=1S/C22H32N4O6S/c1-33-11-9-15(23)21(30)26-10-5-8-18(26)20(29)25-17(13-27)19(28)24-16(22(31)32)12-14-6-3-2-4-7-14/h2-4,6-7,15-18,27H,5,8-13,23H2,1H3,(H,24,28)(H,25,29)(H,31,32). The number of carbonyl (C=O) groups excluding carboxylic acids is 3. The molecule has 1 aromatic carbocycles. The number of nitrogens with zero attached hydrogens (tertiary/aromatic N) is 1. The number of hydrogen-bond acceptors (Lipinski definition) is 7. The fourth-order valence-corrected chi connectivity index (χ4v) is 4.16. The highest BCUT2D eigenvalue weighted by atomic mass is 32.2. The van der Waals surface area contributed by atoms with Gasteiger partial charge in [-0.2, -0.15) is 11.8 Å². The van der Waals surface area contributed by atoms with E-state index in [-0.39, 0.29) is 12.3 Å². The van der Waals surface area contributed by atoms with Gasteiger partial charge in [-0.3, -0.25) is 14.4 Å². The summed E-state index contributed by atoms with van der Waals surface area (Å²) in [5.74, 6) is -2.23. The van der Waals surface area contributed by atoms with Crippen LogP contribution >= 0.6 is 11.8 Å². The number of carboxylic acid groups (broad SMARTS) is 1. The lowest BCUT2D eigenvalue weighted by Gasteiger charge is -2.28. The lowest BCUT2D eigenvalue weighted by Crippen LogP contribution is -2.57. The number of likely N-dealkylation sites (tertiary alicyclic amines) is 1. The Balaban J connectivity index is 2.00. The first kappa shape index (κ1) is 26.6. The minimum Gasteiger partial charge on any atom is -0.480 e. The minimum absolute atomic E-state index is 0.0485. The summed E-state index contributed by atoms with van der Waals surface area (Å²) in [5, 5.41) is 24.0. The van der Waals surface area contributed by atoms with E-state index in [0.29, 0.717) is 31.4 Å². The Bertz CT molecular complexity index is 824. The third-order valence-corrected chi connectivity index (χ3v) is 6.15. The largest absolute Gasteiger partial charge is 0.480 e. The molecule has 1 saturated heterocycles. The maximum atomic E-state index is 12.8. The molecule has 4 atom stereocenters. The van der Waals surface area contributed by atoms with Crippen molar-refractivity contribution in [1.29, 1.82) is 0 Å². The molecular formula is C22H32N4O6S. The van der Waals surface area contributed by atoms with Crippen molar-refractivity contribution in [2.45, 2.75) is 49.9 Å². The van der Waals surface area contributed by atoms with Crippen molar-refractivity contribution >= 4 is 35.5 Å². The number of nitrogens with two attached hydrogens (primary N) is 1. The van der Waals surface area contributed by atoms with Gasteiger partial charge in [-0.25, -0.2) is 4.79 Å². The molecule has 33 heavy (non-hydrogen) atoms. The van der Waals surface area contributed by atoms with Gasteiger partial charge in [0.25, 0.3) is 0 Å². The van der Waals surface area contributed by atoms with Crippen molar-refractivity contribution < 1.29 is 29.4 Å². The second-order valence-corrected chi connectivity index (χ2v) is 8.90. The van der Waals surface area contributed by atoms with E-state index in [2.05, 4.69) is 10.6 Å². The average Bonchev–Trinajstić information content (AvgIpc) is 3.30. The molecule has 0 bridgehead atoms. The third-order valence-electron chi connectivity index (χ3n) is 5.50. The number of aliphatic hydroxyl groups is 1. The molecule has 2 rings (SSSR count). The molecule has 1 fully saturated rings. The summed E-state index contributed by atoms with van der Waals surface area (Å²) in [4.78, 5) is 51.1. The van der Waals surface area contributed by atoms with E-state index >= 15 is 0 Å². The Morgan fingerprint density at radius 3 is 2.48 bits per heavy atom. The molecular weight excluding hydrogens is 448 g/mol. The number of carboxylic acids is 1. The summed E-state index contributed by atoms with van der Waals surface area (Å²) < 4.78 is 0. The predicted molar refractivity (Wildman–Crippen MR) is 124 cm³/mol. The van der Waals surface area contributed by atoms with Gasteiger partial charge < -0.3 is 31.5 Å². The van der Waals surface area contributed by atoms with Crippen LogP contribution in [0, 0.1) is 0 Å². The van der Waals surface area contributed by atoms with Gasteiger partial charge in [-0.05, 0) is 36.8 Å². The van der Waals surface area contributed by atoms with Crippen LogP contribution in [0.2, 0.25) is 0 Å². The van der Waals surface area contributed by atoms with Crippen LogP contribution in [0.4, 0.5) is 0 Å². The molecule has 1 aliphatic heterocycles. The Kier molecular flexibility index (Phi) is 10.6. The van der Waals surface area contributed by atoms with Gasteiger partial charge in [-0.1, -0.05) is 30.3 Å². The van der Waals surface area contributed by atoms with Crippen LogP contribution < -0.4 is 16.4 Å². The molecule has 0 aliphatic carbocycles. The monoisotopic (exact) mass is 480 g/mol. The zero-order valence-electron chi connectivity index (χ0n) is 18.6. The van der Waals surface area contributed by atoms with Crippen molar-refractivity contribution in [2.75, 3.05) is 25.2 Å². The minimum atomic E-state index is -1.35. The Hall–Kier alpha value is -2.63. The number of nitrogens with one attached hydrogen (secondary N) is 2. The molecule has 182 valence electrons. The van der Waals surface area contributed by atoms with E-state index in [4.69, 9.17) is 5.73 Å². The Morgan fingerprint density at radius 1 is 1.18 bits per heavy atom. The summed E-state index contributed by atoms with van der Waals surface area (Å²) in [7, 11) is 0. The molecule has 6 N–H and O–H groups in total. The molecule has 1 aliphatic rings. The number of aliphatic hydroxyl groups excluding tert-OH is 1. The van der Waals surface area contributed by atoms with Gasteiger partial charge in [0, 0.05) is 13.0 Å². The second kappa shape index (κ2) is 13.2. The number of thioether (sulfide) groups is 1. The van der Waals surface area contributed by atoms with Gasteiger partial charge in [0.2, 0.25) is 17.7 Å². The number of amides is 3. The van der Waals surface area contributed by atoms with Gasteiger partial charge in [-0.15, -0.1) is 0 Å².